The molecule has 0 heterocycles. The van der Waals surface area contributed by atoms with Crippen molar-refractivity contribution in [2.45, 2.75) is 51.0 Å². The molecular weight excluding hydrogens is 286 g/mol. The van der Waals surface area contributed by atoms with E-state index in [1.807, 2.05) is 0 Å². The van der Waals surface area contributed by atoms with E-state index in [1.54, 1.807) is 12.1 Å². The van der Waals surface area contributed by atoms with Gasteiger partial charge >= 0.3 is 0 Å². The zero-order valence-electron chi connectivity index (χ0n) is 12.8. The van der Waals surface area contributed by atoms with Gasteiger partial charge in [-0.2, -0.15) is 0 Å². The smallest absolute Gasteiger partial charge is 0.240 e. The predicted molar refractivity (Wildman–Crippen MR) is 82.7 cm³/mol. The summed E-state index contributed by atoms with van der Waals surface area (Å²) in [5.41, 5.74) is 0.420. The number of carbonyl (C=O) groups is 1. The second-order valence-corrected chi connectivity index (χ2v) is 8.03. The van der Waals surface area contributed by atoms with Crippen LogP contribution in [0.5, 0.6) is 0 Å². The van der Waals surface area contributed by atoms with E-state index >= 15 is 0 Å². The normalized spacial score (nSPS) is 26.5. The maximum absolute atomic E-state index is 12.5. The summed E-state index contributed by atoms with van der Waals surface area (Å²) < 4.78 is 27.7. The van der Waals surface area contributed by atoms with Gasteiger partial charge in [0, 0.05) is 11.6 Å². The Morgan fingerprint density at radius 1 is 1.14 bits per heavy atom. The number of Topliss-reactive ketones (excluding diaryl/α,β-unsaturated/α-hetero) is 1. The van der Waals surface area contributed by atoms with Gasteiger partial charge in [0.05, 0.1) is 4.90 Å². The van der Waals surface area contributed by atoms with E-state index in [0.717, 1.165) is 19.3 Å². The molecule has 116 valence electrons. The van der Waals surface area contributed by atoms with Crippen LogP contribution in [0.1, 0.15) is 50.4 Å². The summed E-state index contributed by atoms with van der Waals surface area (Å²) in [4.78, 5) is 11.6. The maximum Gasteiger partial charge on any atom is 0.240 e. The Morgan fingerprint density at radius 2 is 1.76 bits per heavy atom. The molecule has 0 aromatic heterocycles. The number of hydrogen-bond acceptors (Lipinski definition) is 3. The van der Waals surface area contributed by atoms with Gasteiger partial charge in [-0.25, -0.2) is 13.1 Å². The Kier molecular flexibility index (Phi) is 4.84. The average Bonchev–Trinajstić information content (AvgIpc) is 2.37. The van der Waals surface area contributed by atoms with Gasteiger partial charge < -0.3 is 0 Å². The van der Waals surface area contributed by atoms with Crippen LogP contribution in [0.3, 0.4) is 0 Å². The largest absolute Gasteiger partial charge is 0.295 e. The van der Waals surface area contributed by atoms with Crippen LogP contribution in [0.4, 0.5) is 0 Å². The molecule has 0 amide bonds. The highest BCUT2D eigenvalue weighted by Gasteiger charge is 2.28. The zero-order valence-corrected chi connectivity index (χ0v) is 13.6. The second-order valence-electron chi connectivity index (χ2n) is 6.32. The molecule has 0 bridgehead atoms. The Balaban J connectivity index is 2.18. The first-order valence-electron chi connectivity index (χ1n) is 7.41. The molecule has 1 aliphatic carbocycles. The fraction of sp³-hybridized carbons (Fsp3) is 0.562. The molecule has 1 aromatic carbocycles. The molecule has 0 spiro atoms. The number of ketones is 1. The number of rotatable bonds is 4. The number of nitrogens with one attached hydrogen (secondary N) is 1. The Bertz CT molecular complexity index is 614. The van der Waals surface area contributed by atoms with Gasteiger partial charge in [-0.1, -0.05) is 26.0 Å². The molecule has 1 saturated carbocycles. The van der Waals surface area contributed by atoms with Crippen molar-refractivity contribution in [1.82, 2.24) is 4.72 Å². The molecule has 5 heteroatoms. The highest BCUT2D eigenvalue weighted by atomic mass is 32.2. The van der Waals surface area contributed by atoms with Gasteiger partial charge in [-0.3, -0.25) is 4.79 Å². The molecule has 1 aliphatic rings. The van der Waals surface area contributed by atoms with Crippen LogP contribution in [0.15, 0.2) is 29.2 Å². The summed E-state index contributed by atoms with van der Waals surface area (Å²) in [6.45, 7) is 5.75. The molecule has 2 atom stereocenters. The van der Waals surface area contributed by atoms with E-state index in [-0.39, 0.29) is 16.7 Å². The van der Waals surface area contributed by atoms with Gasteiger partial charge in [0.25, 0.3) is 0 Å². The van der Waals surface area contributed by atoms with Crippen LogP contribution >= 0.6 is 0 Å². The molecule has 0 aliphatic heterocycles. The number of hydrogen-bond donors (Lipinski definition) is 1. The first-order valence-corrected chi connectivity index (χ1v) is 8.89. The number of carbonyl (C=O) groups excluding carboxylic acids is 1. The molecule has 0 saturated heterocycles. The highest BCUT2D eigenvalue weighted by molar-refractivity contribution is 7.89. The van der Waals surface area contributed by atoms with Crippen molar-refractivity contribution in [3.63, 3.8) is 0 Å². The monoisotopic (exact) mass is 309 g/mol. The van der Waals surface area contributed by atoms with Gasteiger partial charge in [0.2, 0.25) is 10.0 Å². The van der Waals surface area contributed by atoms with Crippen molar-refractivity contribution in [2.75, 3.05) is 0 Å². The van der Waals surface area contributed by atoms with E-state index in [1.165, 1.54) is 19.1 Å². The minimum Gasteiger partial charge on any atom is -0.295 e. The van der Waals surface area contributed by atoms with Crippen molar-refractivity contribution < 1.29 is 13.2 Å². The summed E-state index contributed by atoms with van der Waals surface area (Å²) in [5.74, 6) is 0.932. The lowest BCUT2D eigenvalue weighted by atomic mass is 9.81. The Labute approximate surface area is 127 Å². The van der Waals surface area contributed by atoms with Gasteiger partial charge in [0.1, 0.15) is 0 Å². The number of sulfonamides is 1. The van der Waals surface area contributed by atoms with E-state index in [0.29, 0.717) is 17.4 Å². The summed E-state index contributed by atoms with van der Waals surface area (Å²) >= 11 is 0. The van der Waals surface area contributed by atoms with Crippen molar-refractivity contribution in [3.8, 4) is 0 Å². The van der Waals surface area contributed by atoms with Gasteiger partial charge in [0.15, 0.2) is 5.78 Å². The molecule has 1 fully saturated rings. The van der Waals surface area contributed by atoms with Gasteiger partial charge in [-0.05, 0) is 50.2 Å². The van der Waals surface area contributed by atoms with Crippen LogP contribution in [0.25, 0.3) is 0 Å². The standard InChI is InChI=1S/C16H23NO3S/c1-11-7-12(2)9-15(8-11)17-21(19,20)16-6-4-5-14(10-16)13(3)18/h4-6,10-12,15,17H,7-9H2,1-3H3. The fourth-order valence-electron chi connectivity index (χ4n) is 3.21. The van der Waals surface area contributed by atoms with Gasteiger partial charge in [-0.15, -0.1) is 0 Å². The zero-order chi connectivity index (χ0) is 15.6. The summed E-state index contributed by atoms with van der Waals surface area (Å²) in [6.07, 6.45) is 2.89. The quantitative estimate of drug-likeness (QED) is 0.870. The molecule has 2 unspecified atom stereocenters. The van der Waals surface area contributed by atoms with Crippen molar-refractivity contribution in [2.24, 2.45) is 11.8 Å². The molecule has 0 radical (unpaired) electrons. The maximum atomic E-state index is 12.5. The predicted octanol–water partition coefficient (Wildman–Crippen LogP) is 2.99. The van der Waals surface area contributed by atoms with Crippen molar-refractivity contribution in [1.29, 1.82) is 0 Å². The highest BCUT2D eigenvalue weighted by Crippen LogP contribution is 2.29. The SMILES string of the molecule is CC(=O)c1cccc(S(=O)(=O)NC2CC(C)CC(C)C2)c1. The topological polar surface area (TPSA) is 63.2 Å². The lowest BCUT2D eigenvalue weighted by Gasteiger charge is -2.31. The molecule has 1 N–H and O–H groups in total. The summed E-state index contributed by atoms with van der Waals surface area (Å²) in [7, 11) is -3.56. The fourth-order valence-corrected chi connectivity index (χ4v) is 4.52. The third-order valence-electron chi connectivity index (χ3n) is 4.05. The second kappa shape index (κ2) is 6.28. The molecule has 2 rings (SSSR count). The average molecular weight is 309 g/mol. The molecule has 21 heavy (non-hydrogen) atoms. The lowest BCUT2D eigenvalue weighted by Crippen LogP contribution is -2.40. The number of benzene rings is 1. The lowest BCUT2D eigenvalue weighted by molar-refractivity contribution is 0.101. The Hall–Kier alpha value is -1.20. The third-order valence-corrected chi connectivity index (χ3v) is 5.57. The molecule has 1 aromatic rings. The van der Waals surface area contributed by atoms with Crippen LogP contribution < -0.4 is 4.72 Å². The van der Waals surface area contributed by atoms with E-state index in [2.05, 4.69) is 18.6 Å². The summed E-state index contributed by atoms with van der Waals surface area (Å²) in [6, 6.07) is 6.20. The van der Waals surface area contributed by atoms with E-state index in [4.69, 9.17) is 0 Å². The van der Waals surface area contributed by atoms with Crippen LogP contribution in [-0.4, -0.2) is 20.2 Å². The summed E-state index contributed by atoms with van der Waals surface area (Å²) in [5, 5.41) is 0. The minimum absolute atomic E-state index is 0.0188. The van der Waals surface area contributed by atoms with Crippen molar-refractivity contribution in [3.05, 3.63) is 29.8 Å². The third kappa shape index (κ3) is 4.14. The van der Waals surface area contributed by atoms with Crippen LogP contribution in [-0.2, 0) is 10.0 Å². The van der Waals surface area contributed by atoms with E-state index in [9.17, 15) is 13.2 Å². The first-order chi connectivity index (χ1) is 9.78. The van der Waals surface area contributed by atoms with Crippen molar-refractivity contribution >= 4 is 15.8 Å². The molecule has 4 nitrogen and oxygen atoms in total. The molecular formula is C16H23NO3S. The van der Waals surface area contributed by atoms with Crippen LogP contribution in [0, 0.1) is 11.8 Å². The minimum atomic E-state index is -3.56. The van der Waals surface area contributed by atoms with E-state index < -0.39 is 10.0 Å². The first kappa shape index (κ1) is 16.2. The Morgan fingerprint density at radius 3 is 2.33 bits per heavy atom. The van der Waals surface area contributed by atoms with Crippen LogP contribution in [0.2, 0.25) is 0 Å².